The van der Waals surface area contributed by atoms with E-state index in [0.29, 0.717) is 31.1 Å². The molecule has 0 aliphatic rings. The number of nitrogens with zero attached hydrogens (tertiary/aromatic N) is 4. The van der Waals surface area contributed by atoms with Gasteiger partial charge in [-0.2, -0.15) is 4.98 Å². The summed E-state index contributed by atoms with van der Waals surface area (Å²) < 4.78 is 6.55. The van der Waals surface area contributed by atoms with E-state index in [2.05, 4.69) is 15.1 Å². The van der Waals surface area contributed by atoms with E-state index in [1.54, 1.807) is 11.4 Å². The van der Waals surface area contributed by atoms with Gasteiger partial charge in [-0.3, -0.25) is 4.79 Å². The summed E-state index contributed by atoms with van der Waals surface area (Å²) in [6.45, 7) is 6.06. The molecule has 2 aromatic heterocycles. The molecule has 96 valence electrons. The Labute approximate surface area is 105 Å². The van der Waals surface area contributed by atoms with Crippen LogP contribution in [0, 0.1) is 13.8 Å². The van der Waals surface area contributed by atoms with E-state index in [1.165, 1.54) is 0 Å². The van der Waals surface area contributed by atoms with Crippen LogP contribution in [0.15, 0.2) is 6.07 Å². The summed E-state index contributed by atoms with van der Waals surface area (Å²) in [6.07, 6.45) is 0.767. The van der Waals surface area contributed by atoms with Gasteiger partial charge in [0.25, 0.3) is 5.78 Å². The van der Waals surface area contributed by atoms with Crippen LogP contribution in [0.25, 0.3) is 5.78 Å². The highest BCUT2D eigenvalue weighted by Gasteiger charge is 2.10. The normalized spacial score (nSPS) is 10.8. The second kappa shape index (κ2) is 5.12. The van der Waals surface area contributed by atoms with Crippen molar-refractivity contribution < 1.29 is 9.53 Å². The Balaban J connectivity index is 2.15. The number of aryl methyl sites for hydroxylation is 3. The van der Waals surface area contributed by atoms with E-state index < -0.39 is 0 Å². The van der Waals surface area contributed by atoms with E-state index in [9.17, 15) is 4.79 Å². The van der Waals surface area contributed by atoms with E-state index in [0.717, 1.165) is 11.4 Å². The number of ether oxygens (including phenoxy) is 1. The lowest BCUT2D eigenvalue weighted by atomic mass is 10.3. The summed E-state index contributed by atoms with van der Waals surface area (Å²) >= 11 is 0. The zero-order valence-corrected chi connectivity index (χ0v) is 10.8. The molecule has 0 saturated carbocycles. The molecule has 0 N–H and O–H groups in total. The van der Waals surface area contributed by atoms with E-state index in [-0.39, 0.29) is 5.97 Å². The van der Waals surface area contributed by atoms with Crippen LogP contribution in [-0.4, -0.2) is 32.2 Å². The van der Waals surface area contributed by atoms with Gasteiger partial charge in [0.2, 0.25) is 0 Å². The Bertz CT molecular complexity index is 577. The van der Waals surface area contributed by atoms with Crippen LogP contribution in [0.3, 0.4) is 0 Å². The Kier molecular flexibility index (Phi) is 3.55. The number of carbonyl (C=O) groups is 1. The minimum atomic E-state index is -0.225. The first-order chi connectivity index (χ1) is 8.60. The number of aromatic nitrogens is 4. The molecule has 6 heteroatoms. The molecule has 0 atom stereocenters. The summed E-state index contributed by atoms with van der Waals surface area (Å²) in [5, 5.41) is 4.32. The average molecular weight is 248 g/mol. The Hall–Kier alpha value is -1.98. The molecule has 2 heterocycles. The van der Waals surface area contributed by atoms with Gasteiger partial charge in [0.15, 0.2) is 5.82 Å². The van der Waals surface area contributed by atoms with Crippen LogP contribution in [0.1, 0.15) is 30.6 Å². The van der Waals surface area contributed by atoms with Crippen molar-refractivity contribution in [1.82, 2.24) is 19.6 Å². The molecular weight excluding hydrogens is 232 g/mol. The van der Waals surface area contributed by atoms with Crippen LogP contribution >= 0.6 is 0 Å². The Morgan fingerprint density at radius 1 is 1.39 bits per heavy atom. The molecule has 0 fully saturated rings. The van der Waals surface area contributed by atoms with Crippen LogP contribution in [0.4, 0.5) is 0 Å². The fourth-order valence-electron chi connectivity index (χ4n) is 1.76. The molecule has 18 heavy (non-hydrogen) atoms. The Morgan fingerprint density at radius 3 is 2.89 bits per heavy atom. The summed E-state index contributed by atoms with van der Waals surface area (Å²) in [6, 6.07) is 1.94. The van der Waals surface area contributed by atoms with Crippen LogP contribution in [-0.2, 0) is 16.0 Å². The molecule has 0 aliphatic heterocycles. The van der Waals surface area contributed by atoms with Gasteiger partial charge in [-0.25, -0.2) is 9.50 Å². The first kappa shape index (κ1) is 12.5. The van der Waals surface area contributed by atoms with Crippen molar-refractivity contribution in [3.63, 3.8) is 0 Å². The maximum atomic E-state index is 11.3. The predicted molar refractivity (Wildman–Crippen MR) is 65.2 cm³/mol. The molecule has 0 amide bonds. The fourth-order valence-corrected chi connectivity index (χ4v) is 1.76. The zero-order chi connectivity index (χ0) is 13.1. The zero-order valence-electron chi connectivity index (χ0n) is 10.8. The molecule has 0 aliphatic carbocycles. The number of hydrogen-bond donors (Lipinski definition) is 0. The summed E-state index contributed by atoms with van der Waals surface area (Å²) in [5.41, 5.74) is 1.89. The smallest absolute Gasteiger partial charge is 0.306 e. The van der Waals surface area contributed by atoms with Crippen molar-refractivity contribution in [3.05, 3.63) is 23.3 Å². The number of esters is 1. The van der Waals surface area contributed by atoms with Gasteiger partial charge >= 0.3 is 5.97 Å². The fraction of sp³-hybridized carbons (Fsp3) is 0.500. The van der Waals surface area contributed by atoms with Crippen molar-refractivity contribution in [2.75, 3.05) is 6.61 Å². The summed E-state index contributed by atoms with van der Waals surface area (Å²) in [7, 11) is 0. The van der Waals surface area contributed by atoms with Gasteiger partial charge in [0, 0.05) is 17.8 Å². The van der Waals surface area contributed by atoms with Crippen molar-refractivity contribution in [2.45, 2.75) is 33.6 Å². The molecule has 0 aromatic carbocycles. The number of hydrogen-bond acceptors (Lipinski definition) is 5. The van der Waals surface area contributed by atoms with Gasteiger partial charge in [0.05, 0.1) is 13.0 Å². The molecule has 2 aromatic rings. The number of carbonyl (C=O) groups excluding carboxylic acids is 1. The molecule has 0 spiro atoms. The highest BCUT2D eigenvalue weighted by molar-refractivity contribution is 5.69. The lowest BCUT2D eigenvalue weighted by Gasteiger charge is -1.98. The third-order valence-corrected chi connectivity index (χ3v) is 2.52. The minimum Gasteiger partial charge on any atom is -0.466 e. The SMILES string of the molecule is CCOC(=O)CCc1nc2nc(C)cc(C)n2n1. The van der Waals surface area contributed by atoms with Gasteiger partial charge in [-0.05, 0) is 26.8 Å². The molecule has 2 rings (SSSR count). The first-order valence-corrected chi connectivity index (χ1v) is 5.95. The second-order valence-corrected chi connectivity index (χ2v) is 4.08. The average Bonchev–Trinajstić information content (AvgIpc) is 2.70. The second-order valence-electron chi connectivity index (χ2n) is 4.08. The van der Waals surface area contributed by atoms with Gasteiger partial charge < -0.3 is 4.74 Å². The third kappa shape index (κ3) is 2.64. The van der Waals surface area contributed by atoms with E-state index >= 15 is 0 Å². The van der Waals surface area contributed by atoms with Crippen LogP contribution in [0.2, 0.25) is 0 Å². The summed E-state index contributed by atoms with van der Waals surface area (Å²) in [4.78, 5) is 19.8. The largest absolute Gasteiger partial charge is 0.466 e. The standard InChI is InChI=1S/C12H16N4O2/c1-4-18-11(17)6-5-10-14-12-13-8(2)7-9(3)16(12)15-10/h7H,4-6H2,1-3H3. The monoisotopic (exact) mass is 248 g/mol. The summed E-state index contributed by atoms with van der Waals surface area (Å²) in [5.74, 6) is 0.966. The highest BCUT2D eigenvalue weighted by atomic mass is 16.5. The first-order valence-electron chi connectivity index (χ1n) is 5.95. The lowest BCUT2D eigenvalue weighted by Crippen LogP contribution is -2.06. The van der Waals surface area contributed by atoms with Crippen molar-refractivity contribution in [2.24, 2.45) is 0 Å². The van der Waals surface area contributed by atoms with Gasteiger partial charge in [0.1, 0.15) is 0 Å². The molecule has 0 bridgehead atoms. The van der Waals surface area contributed by atoms with Crippen molar-refractivity contribution in [1.29, 1.82) is 0 Å². The molecule has 6 nitrogen and oxygen atoms in total. The lowest BCUT2D eigenvalue weighted by molar-refractivity contribution is -0.143. The van der Waals surface area contributed by atoms with Crippen molar-refractivity contribution >= 4 is 11.7 Å². The molecule has 0 radical (unpaired) electrons. The van der Waals surface area contributed by atoms with E-state index in [4.69, 9.17) is 4.74 Å². The van der Waals surface area contributed by atoms with Gasteiger partial charge in [-0.15, -0.1) is 5.10 Å². The number of rotatable bonds is 4. The van der Waals surface area contributed by atoms with Gasteiger partial charge in [-0.1, -0.05) is 0 Å². The number of fused-ring (bicyclic) bond motifs is 1. The van der Waals surface area contributed by atoms with Crippen LogP contribution in [0.5, 0.6) is 0 Å². The Morgan fingerprint density at radius 2 is 2.17 bits per heavy atom. The van der Waals surface area contributed by atoms with Crippen LogP contribution < -0.4 is 0 Å². The van der Waals surface area contributed by atoms with E-state index in [1.807, 2.05) is 19.9 Å². The third-order valence-electron chi connectivity index (χ3n) is 2.52. The topological polar surface area (TPSA) is 69.4 Å². The quantitative estimate of drug-likeness (QED) is 0.761. The minimum absolute atomic E-state index is 0.225. The molecular formula is C12H16N4O2. The maximum Gasteiger partial charge on any atom is 0.306 e. The maximum absolute atomic E-state index is 11.3. The predicted octanol–water partition coefficient (Wildman–Crippen LogP) is 1.24. The van der Waals surface area contributed by atoms with Crippen molar-refractivity contribution in [3.8, 4) is 0 Å². The molecule has 0 saturated heterocycles. The molecule has 0 unspecified atom stereocenters. The highest BCUT2D eigenvalue weighted by Crippen LogP contribution is 2.06.